The number of benzene rings is 15. The van der Waals surface area contributed by atoms with E-state index in [4.69, 9.17) is 0 Å². The molecule has 15 rings (SSSR count). The Morgan fingerprint density at radius 2 is 0.330 bits per heavy atom. The SMILES string of the molecule is c1ccc(-c2c(N(c3ccccc3)c3ccc(N(c4ccc(N(c5ccccc5)c5ccc6ccccc6c5-c5ccccc5)cc4)c4ccc(N(c5ccccc5)c5ccc6ccccc6c5-c5ccccc5)cc4)cc3)ccc3ccccc23)cc1. The molecule has 4 heteroatoms. The van der Waals surface area contributed by atoms with Crippen molar-refractivity contribution in [2.75, 3.05) is 19.6 Å². The predicted octanol–water partition coefficient (Wildman–Crippen LogP) is 24.0. The molecule has 0 N–H and O–H groups in total. The van der Waals surface area contributed by atoms with Crippen LogP contribution in [0, 0.1) is 0 Å². The molecule has 15 aromatic carbocycles. The molecule has 0 bridgehead atoms. The second-order valence-corrected chi connectivity index (χ2v) is 22.0. The first-order valence-electron chi connectivity index (χ1n) is 30.1. The first-order valence-corrected chi connectivity index (χ1v) is 30.1. The van der Waals surface area contributed by atoms with Crippen LogP contribution in [0.25, 0.3) is 65.7 Å². The average Bonchev–Trinajstić information content (AvgIpc) is 1.31. The molecule has 0 aliphatic carbocycles. The van der Waals surface area contributed by atoms with Gasteiger partial charge in [0.25, 0.3) is 0 Å². The lowest BCUT2D eigenvalue weighted by Gasteiger charge is -2.32. The summed E-state index contributed by atoms with van der Waals surface area (Å²) in [5.74, 6) is 0. The largest absolute Gasteiger partial charge is 0.310 e. The van der Waals surface area contributed by atoms with Gasteiger partial charge in [0.05, 0.1) is 17.1 Å². The lowest BCUT2D eigenvalue weighted by molar-refractivity contribution is 1.24. The van der Waals surface area contributed by atoms with E-state index in [0.717, 1.165) is 84.9 Å². The lowest BCUT2D eigenvalue weighted by Crippen LogP contribution is -2.14. The van der Waals surface area contributed by atoms with Gasteiger partial charge >= 0.3 is 0 Å². The minimum atomic E-state index is 1.01. The van der Waals surface area contributed by atoms with Crippen LogP contribution < -0.4 is 19.6 Å². The molecule has 15 aromatic rings. The van der Waals surface area contributed by atoms with Crippen LogP contribution in [0.15, 0.2) is 364 Å². The lowest BCUT2D eigenvalue weighted by atomic mass is 9.95. The van der Waals surface area contributed by atoms with Gasteiger partial charge in [0.2, 0.25) is 0 Å². The summed E-state index contributed by atoms with van der Waals surface area (Å²) in [6, 6.07) is 132. The third kappa shape index (κ3) is 10.1. The standard InChI is InChI=1S/C84H60N4/c1-7-28-64(29-8-1)82-76-40-22-19-25-61(76)43-58-79(82)86(67-34-13-4-14-35-67)73-52-46-70(47-53-73)85(71-48-54-74(55-49-71)87(68-36-15-5-16-37-68)80-59-44-62-26-20-23-41-77(62)83(80)65-30-9-2-10-31-65)72-50-56-75(57-51-72)88(69-38-17-6-18-39-69)81-60-45-63-27-21-24-42-78(63)84(81)66-32-11-3-12-33-66/h1-60H. The molecule has 0 atom stereocenters. The average molecular weight is 1130 g/mol. The molecule has 0 saturated heterocycles. The van der Waals surface area contributed by atoms with E-state index in [1.54, 1.807) is 0 Å². The van der Waals surface area contributed by atoms with Crippen LogP contribution in [0.4, 0.5) is 68.2 Å². The van der Waals surface area contributed by atoms with Crippen molar-refractivity contribution in [3.63, 3.8) is 0 Å². The first kappa shape index (κ1) is 53.0. The number of hydrogen-bond acceptors (Lipinski definition) is 4. The smallest absolute Gasteiger partial charge is 0.0546 e. The summed E-state index contributed by atoms with van der Waals surface area (Å²) in [6.07, 6.45) is 0. The summed E-state index contributed by atoms with van der Waals surface area (Å²) in [7, 11) is 0. The first-order chi connectivity index (χ1) is 43.7. The van der Waals surface area contributed by atoms with Crippen molar-refractivity contribution < 1.29 is 0 Å². The molecule has 0 heterocycles. The molecular weight excluding hydrogens is 1060 g/mol. The van der Waals surface area contributed by atoms with Gasteiger partial charge in [-0.1, -0.05) is 237 Å². The Kier molecular flexibility index (Phi) is 14.3. The second-order valence-electron chi connectivity index (χ2n) is 22.0. The van der Waals surface area contributed by atoms with Crippen LogP contribution >= 0.6 is 0 Å². The Balaban J connectivity index is 0.889. The molecule has 0 spiro atoms. The maximum absolute atomic E-state index is 2.40. The van der Waals surface area contributed by atoms with E-state index in [2.05, 4.69) is 384 Å². The summed E-state index contributed by atoms with van der Waals surface area (Å²) in [4.78, 5) is 9.58. The van der Waals surface area contributed by atoms with Crippen molar-refractivity contribution in [3.8, 4) is 33.4 Å². The molecule has 4 nitrogen and oxygen atoms in total. The van der Waals surface area contributed by atoms with E-state index >= 15 is 0 Å². The zero-order chi connectivity index (χ0) is 58.6. The van der Waals surface area contributed by atoms with Crippen LogP contribution in [0.2, 0.25) is 0 Å². The normalized spacial score (nSPS) is 11.2. The topological polar surface area (TPSA) is 13.0 Å². The van der Waals surface area contributed by atoms with E-state index in [0.29, 0.717) is 0 Å². The van der Waals surface area contributed by atoms with Gasteiger partial charge < -0.3 is 19.6 Å². The molecular formula is C84H60N4. The third-order valence-corrected chi connectivity index (χ3v) is 16.8. The number of nitrogens with zero attached hydrogens (tertiary/aromatic N) is 4. The van der Waals surface area contributed by atoms with E-state index in [1.165, 1.54) is 49.0 Å². The molecule has 0 saturated carbocycles. The fraction of sp³-hybridized carbons (Fsp3) is 0. The van der Waals surface area contributed by atoms with Crippen LogP contribution in [-0.4, -0.2) is 0 Å². The number of anilines is 12. The summed E-state index contributed by atoms with van der Waals surface area (Å²) in [5, 5.41) is 7.19. The molecule has 416 valence electrons. The van der Waals surface area contributed by atoms with E-state index < -0.39 is 0 Å². The molecule has 0 amide bonds. The minimum Gasteiger partial charge on any atom is -0.310 e. The van der Waals surface area contributed by atoms with E-state index in [9.17, 15) is 0 Å². The molecule has 88 heavy (non-hydrogen) atoms. The Labute approximate surface area is 514 Å². The Bertz CT molecular complexity index is 4370. The fourth-order valence-corrected chi connectivity index (χ4v) is 12.8. The zero-order valence-electron chi connectivity index (χ0n) is 48.4. The number of hydrogen-bond donors (Lipinski definition) is 0. The van der Waals surface area contributed by atoms with Gasteiger partial charge in [-0.05, 0) is 176 Å². The van der Waals surface area contributed by atoms with Gasteiger partial charge in [-0.2, -0.15) is 0 Å². The molecule has 0 fully saturated rings. The van der Waals surface area contributed by atoms with Crippen molar-refractivity contribution in [2.24, 2.45) is 0 Å². The zero-order valence-corrected chi connectivity index (χ0v) is 48.4. The number of para-hydroxylation sites is 3. The van der Waals surface area contributed by atoms with Crippen molar-refractivity contribution in [2.45, 2.75) is 0 Å². The summed E-state index contributed by atoms with van der Waals surface area (Å²) >= 11 is 0. The Morgan fingerprint density at radius 1 is 0.136 bits per heavy atom. The van der Waals surface area contributed by atoms with Crippen LogP contribution in [0.5, 0.6) is 0 Å². The fourth-order valence-electron chi connectivity index (χ4n) is 12.8. The molecule has 0 aromatic heterocycles. The molecule has 0 unspecified atom stereocenters. The maximum atomic E-state index is 2.40. The van der Waals surface area contributed by atoms with Crippen molar-refractivity contribution in [3.05, 3.63) is 364 Å². The maximum Gasteiger partial charge on any atom is 0.0546 e. The molecule has 0 radical (unpaired) electrons. The van der Waals surface area contributed by atoms with Crippen molar-refractivity contribution >= 4 is 101 Å². The predicted molar refractivity (Wildman–Crippen MR) is 374 cm³/mol. The van der Waals surface area contributed by atoms with Crippen molar-refractivity contribution in [1.29, 1.82) is 0 Å². The van der Waals surface area contributed by atoms with Gasteiger partial charge in [0, 0.05) is 67.9 Å². The highest BCUT2D eigenvalue weighted by Crippen LogP contribution is 2.50. The Morgan fingerprint density at radius 3 is 0.580 bits per heavy atom. The summed E-state index contributed by atoms with van der Waals surface area (Å²) in [6.45, 7) is 0. The van der Waals surface area contributed by atoms with Gasteiger partial charge in [-0.3, -0.25) is 0 Å². The van der Waals surface area contributed by atoms with E-state index in [1.807, 2.05) is 0 Å². The van der Waals surface area contributed by atoms with Gasteiger partial charge in [-0.25, -0.2) is 0 Å². The molecule has 0 aliphatic heterocycles. The quantitative estimate of drug-likeness (QED) is 0.101. The highest BCUT2D eigenvalue weighted by Gasteiger charge is 2.25. The highest BCUT2D eigenvalue weighted by molar-refractivity contribution is 6.08. The number of fused-ring (bicyclic) bond motifs is 3. The van der Waals surface area contributed by atoms with Crippen LogP contribution in [-0.2, 0) is 0 Å². The van der Waals surface area contributed by atoms with Crippen LogP contribution in [0.1, 0.15) is 0 Å². The molecule has 0 aliphatic rings. The third-order valence-electron chi connectivity index (χ3n) is 16.8. The minimum absolute atomic E-state index is 1.01. The van der Waals surface area contributed by atoms with Gasteiger partial charge in [0.1, 0.15) is 0 Å². The second kappa shape index (κ2) is 23.7. The van der Waals surface area contributed by atoms with Gasteiger partial charge in [0.15, 0.2) is 0 Å². The Hall–Kier alpha value is -11.7. The van der Waals surface area contributed by atoms with Gasteiger partial charge in [-0.15, -0.1) is 0 Å². The monoisotopic (exact) mass is 1120 g/mol. The van der Waals surface area contributed by atoms with Crippen molar-refractivity contribution in [1.82, 2.24) is 0 Å². The number of rotatable bonds is 15. The summed E-state index contributed by atoms with van der Waals surface area (Å²) < 4.78 is 0. The van der Waals surface area contributed by atoms with E-state index in [-0.39, 0.29) is 0 Å². The summed E-state index contributed by atoms with van der Waals surface area (Å²) in [5.41, 5.74) is 19.7. The van der Waals surface area contributed by atoms with Crippen LogP contribution in [0.3, 0.4) is 0 Å². The highest BCUT2D eigenvalue weighted by atomic mass is 15.2.